The van der Waals surface area contributed by atoms with E-state index in [1.807, 2.05) is 41.5 Å². The monoisotopic (exact) mass is 285 g/mol. The zero-order valence-electron chi connectivity index (χ0n) is 13.4. The number of carbonyl (C=O) groups is 1. The number of amides is 1. The molecular weight excluding hydrogens is 258 g/mol. The molecule has 0 radical (unpaired) electrons. The number of rotatable bonds is 3. The first-order chi connectivity index (χ1) is 9.04. The molecular formula is C15H27NO4. The van der Waals surface area contributed by atoms with Crippen LogP contribution in [-0.2, 0) is 14.2 Å². The molecule has 0 aromatic carbocycles. The highest BCUT2D eigenvalue weighted by Crippen LogP contribution is 2.29. The maximum atomic E-state index is 11.9. The topological polar surface area (TPSA) is 56.8 Å². The minimum Gasteiger partial charge on any atom is -0.444 e. The Balaban J connectivity index is 2.74. The van der Waals surface area contributed by atoms with Gasteiger partial charge in [-0.25, -0.2) is 4.79 Å². The second kappa shape index (κ2) is 6.14. The molecule has 0 saturated carbocycles. The van der Waals surface area contributed by atoms with Gasteiger partial charge in [-0.3, -0.25) is 0 Å². The van der Waals surface area contributed by atoms with Crippen LogP contribution in [-0.4, -0.2) is 35.7 Å². The molecule has 5 heteroatoms. The van der Waals surface area contributed by atoms with Crippen LogP contribution in [0.1, 0.15) is 48.0 Å². The molecule has 1 aliphatic heterocycles. The molecule has 1 rings (SSSR count). The molecule has 1 fully saturated rings. The summed E-state index contributed by atoms with van der Waals surface area (Å²) in [6, 6.07) is -0.268. The first kappa shape index (κ1) is 17.0. The zero-order chi connectivity index (χ0) is 15.6. The zero-order valence-corrected chi connectivity index (χ0v) is 13.4. The van der Waals surface area contributed by atoms with Crippen molar-refractivity contribution < 1.29 is 19.0 Å². The van der Waals surface area contributed by atoms with Crippen LogP contribution in [0.2, 0.25) is 0 Å². The molecule has 1 heterocycles. The van der Waals surface area contributed by atoms with Crippen LogP contribution in [0, 0.1) is 0 Å². The summed E-state index contributed by atoms with van der Waals surface area (Å²) in [6.07, 6.45) is 1.60. The van der Waals surface area contributed by atoms with E-state index in [1.165, 1.54) is 0 Å². The molecule has 1 N–H and O–H groups in total. The maximum absolute atomic E-state index is 11.9. The Morgan fingerprint density at radius 2 is 2.00 bits per heavy atom. The van der Waals surface area contributed by atoms with E-state index in [0.717, 1.165) is 0 Å². The third-order valence-corrected chi connectivity index (χ3v) is 2.89. The molecule has 0 aromatic rings. The van der Waals surface area contributed by atoms with E-state index in [1.54, 1.807) is 6.08 Å². The van der Waals surface area contributed by atoms with Gasteiger partial charge in [0.2, 0.25) is 0 Å². The molecule has 1 amide bonds. The quantitative estimate of drug-likeness (QED) is 0.810. The second-order valence-electron chi connectivity index (χ2n) is 6.58. The molecule has 0 aliphatic carbocycles. The highest BCUT2D eigenvalue weighted by atomic mass is 16.7. The third-order valence-electron chi connectivity index (χ3n) is 2.89. The summed E-state index contributed by atoms with van der Waals surface area (Å²) < 4.78 is 16.9. The summed E-state index contributed by atoms with van der Waals surface area (Å²) in [5.41, 5.74) is -0.531. The average Bonchev–Trinajstić information content (AvgIpc) is 2.20. The first-order valence-electron chi connectivity index (χ1n) is 7.00. The lowest BCUT2D eigenvalue weighted by Gasteiger charge is -2.45. The SMILES string of the molecule is C=CC[C@H]1OC(C)(C)O[C@@H](C)[C@H]1NC(=O)OC(C)(C)C. The number of nitrogens with one attached hydrogen (secondary N) is 1. The van der Waals surface area contributed by atoms with Crippen LogP contribution in [0.3, 0.4) is 0 Å². The van der Waals surface area contributed by atoms with E-state index >= 15 is 0 Å². The Bertz CT molecular complexity index is 359. The predicted octanol–water partition coefficient (Wildman–Crippen LogP) is 3.00. The Labute approximate surface area is 121 Å². The van der Waals surface area contributed by atoms with Crippen molar-refractivity contribution >= 4 is 6.09 Å². The lowest BCUT2D eigenvalue weighted by atomic mass is 10.00. The third kappa shape index (κ3) is 5.13. The van der Waals surface area contributed by atoms with E-state index in [4.69, 9.17) is 14.2 Å². The molecule has 0 bridgehead atoms. The Morgan fingerprint density at radius 1 is 1.40 bits per heavy atom. The largest absolute Gasteiger partial charge is 0.444 e. The van der Waals surface area contributed by atoms with Crippen molar-refractivity contribution in [2.75, 3.05) is 0 Å². The summed E-state index contributed by atoms with van der Waals surface area (Å²) in [6.45, 7) is 14.9. The van der Waals surface area contributed by atoms with Crippen LogP contribution >= 0.6 is 0 Å². The van der Waals surface area contributed by atoms with E-state index in [0.29, 0.717) is 6.42 Å². The molecule has 5 nitrogen and oxygen atoms in total. The normalized spacial score (nSPS) is 29.6. The van der Waals surface area contributed by atoms with Gasteiger partial charge < -0.3 is 19.5 Å². The number of hydrogen-bond acceptors (Lipinski definition) is 4. The highest BCUT2D eigenvalue weighted by molar-refractivity contribution is 5.68. The van der Waals surface area contributed by atoms with Gasteiger partial charge in [0, 0.05) is 0 Å². The second-order valence-corrected chi connectivity index (χ2v) is 6.58. The van der Waals surface area contributed by atoms with Crippen molar-refractivity contribution in [2.24, 2.45) is 0 Å². The van der Waals surface area contributed by atoms with Crippen LogP contribution < -0.4 is 5.32 Å². The Hall–Kier alpha value is -1.07. The standard InChI is InChI=1S/C15H27NO4/c1-8-9-11-12(10(2)18-15(6,7)19-11)16-13(17)20-14(3,4)5/h8,10-12H,1,9H2,2-7H3,(H,16,17)/t10-,11+,12+/m0/s1. The maximum Gasteiger partial charge on any atom is 0.408 e. The molecule has 1 saturated heterocycles. The summed E-state index contributed by atoms with van der Waals surface area (Å²) in [5.74, 6) is -0.667. The Kier molecular flexibility index (Phi) is 5.21. The summed E-state index contributed by atoms with van der Waals surface area (Å²) >= 11 is 0. The van der Waals surface area contributed by atoms with E-state index in [9.17, 15) is 4.79 Å². The van der Waals surface area contributed by atoms with E-state index in [2.05, 4.69) is 11.9 Å². The van der Waals surface area contributed by atoms with Crippen LogP contribution in [0.5, 0.6) is 0 Å². The molecule has 116 valence electrons. The number of alkyl carbamates (subject to hydrolysis) is 1. The van der Waals surface area contributed by atoms with Crippen molar-refractivity contribution in [3.63, 3.8) is 0 Å². The van der Waals surface area contributed by atoms with Gasteiger partial charge in [0.25, 0.3) is 0 Å². The fourth-order valence-electron chi connectivity index (χ4n) is 2.30. The number of carbonyl (C=O) groups excluding carboxylic acids is 1. The summed E-state index contributed by atoms with van der Waals surface area (Å²) in [4.78, 5) is 11.9. The molecule has 0 unspecified atom stereocenters. The van der Waals surface area contributed by atoms with Gasteiger partial charge >= 0.3 is 6.09 Å². The predicted molar refractivity (Wildman–Crippen MR) is 77.5 cm³/mol. The van der Waals surface area contributed by atoms with Crippen molar-refractivity contribution in [2.45, 2.75) is 77.6 Å². The van der Waals surface area contributed by atoms with Crippen LogP contribution in [0.25, 0.3) is 0 Å². The molecule has 0 aromatic heterocycles. The van der Waals surface area contributed by atoms with Gasteiger partial charge in [0.15, 0.2) is 5.79 Å². The number of ether oxygens (including phenoxy) is 3. The van der Waals surface area contributed by atoms with Crippen molar-refractivity contribution in [3.05, 3.63) is 12.7 Å². The van der Waals surface area contributed by atoms with Crippen LogP contribution in [0.4, 0.5) is 4.79 Å². The van der Waals surface area contributed by atoms with Crippen LogP contribution in [0.15, 0.2) is 12.7 Å². The van der Waals surface area contributed by atoms with Gasteiger partial charge in [-0.2, -0.15) is 0 Å². The fourth-order valence-corrected chi connectivity index (χ4v) is 2.30. The lowest BCUT2D eigenvalue weighted by Crippen LogP contribution is -2.60. The molecule has 0 spiro atoms. The van der Waals surface area contributed by atoms with Gasteiger partial charge in [0.1, 0.15) is 5.60 Å². The fraction of sp³-hybridized carbons (Fsp3) is 0.800. The van der Waals surface area contributed by atoms with Crippen molar-refractivity contribution in [3.8, 4) is 0 Å². The van der Waals surface area contributed by atoms with Gasteiger partial charge in [-0.15, -0.1) is 6.58 Å². The molecule has 20 heavy (non-hydrogen) atoms. The van der Waals surface area contributed by atoms with Gasteiger partial charge in [0.05, 0.1) is 18.2 Å². The van der Waals surface area contributed by atoms with Gasteiger partial charge in [-0.1, -0.05) is 6.08 Å². The minimum atomic E-state index is -0.667. The molecule has 1 aliphatic rings. The lowest BCUT2D eigenvalue weighted by molar-refractivity contribution is -0.304. The van der Waals surface area contributed by atoms with Gasteiger partial charge in [-0.05, 0) is 48.0 Å². The average molecular weight is 285 g/mol. The van der Waals surface area contributed by atoms with E-state index in [-0.39, 0.29) is 18.2 Å². The summed E-state index contributed by atoms with van der Waals surface area (Å²) in [7, 11) is 0. The van der Waals surface area contributed by atoms with Crippen molar-refractivity contribution in [1.29, 1.82) is 0 Å². The number of hydrogen-bond donors (Lipinski definition) is 1. The smallest absolute Gasteiger partial charge is 0.408 e. The molecule has 3 atom stereocenters. The van der Waals surface area contributed by atoms with E-state index < -0.39 is 17.5 Å². The Morgan fingerprint density at radius 3 is 2.50 bits per heavy atom. The summed E-state index contributed by atoms with van der Waals surface area (Å²) in [5, 5.41) is 2.84. The first-order valence-corrected chi connectivity index (χ1v) is 7.00. The highest BCUT2D eigenvalue weighted by Gasteiger charge is 2.41. The minimum absolute atomic E-state index is 0.170. The van der Waals surface area contributed by atoms with Crippen molar-refractivity contribution in [1.82, 2.24) is 5.32 Å².